The minimum Gasteiger partial charge on any atom is -0.504 e. The van der Waals surface area contributed by atoms with Crippen molar-refractivity contribution in [2.75, 3.05) is 13.7 Å². The van der Waals surface area contributed by atoms with Crippen LogP contribution in [0.1, 0.15) is 18.0 Å². The number of rotatable bonds is 4. The monoisotopic (exact) mass is 274 g/mol. The van der Waals surface area contributed by atoms with Crippen LogP contribution in [0.5, 0.6) is 11.5 Å². The van der Waals surface area contributed by atoms with Crippen molar-refractivity contribution >= 4 is 15.9 Å². The van der Waals surface area contributed by atoms with Gasteiger partial charge in [0.05, 0.1) is 7.11 Å². The van der Waals surface area contributed by atoms with E-state index in [4.69, 9.17) is 16.2 Å². The number of nitrogens with two attached hydrogens (primary N) is 2. The molecule has 0 fully saturated rings. The lowest BCUT2D eigenvalue weighted by molar-refractivity contribution is 0.367. The van der Waals surface area contributed by atoms with Gasteiger partial charge in [-0.3, -0.25) is 0 Å². The highest BCUT2D eigenvalue weighted by Crippen LogP contribution is 2.36. The fourth-order valence-corrected chi connectivity index (χ4v) is 1.82. The quantitative estimate of drug-likeness (QED) is 0.778. The minimum absolute atomic E-state index is 0.0849. The third-order valence-electron chi connectivity index (χ3n) is 2.17. The Bertz CT molecular complexity index is 344. The number of hydrogen-bond donors (Lipinski definition) is 3. The molecule has 0 aliphatic rings. The number of methoxy groups -OCH3 is 1. The molecule has 0 bridgehead atoms. The largest absolute Gasteiger partial charge is 0.504 e. The Hall–Kier alpha value is -0.780. The van der Waals surface area contributed by atoms with Crippen molar-refractivity contribution in [1.82, 2.24) is 0 Å². The van der Waals surface area contributed by atoms with Crippen molar-refractivity contribution in [2.24, 2.45) is 11.5 Å². The molecule has 0 radical (unpaired) electrons. The van der Waals surface area contributed by atoms with Crippen molar-refractivity contribution in [3.05, 3.63) is 22.2 Å². The first kappa shape index (κ1) is 12.3. The van der Waals surface area contributed by atoms with Gasteiger partial charge < -0.3 is 21.3 Å². The highest BCUT2D eigenvalue weighted by atomic mass is 79.9. The average molecular weight is 275 g/mol. The molecule has 0 aliphatic carbocycles. The van der Waals surface area contributed by atoms with Crippen LogP contribution in [0.4, 0.5) is 0 Å². The van der Waals surface area contributed by atoms with Gasteiger partial charge in [0.1, 0.15) is 0 Å². The summed E-state index contributed by atoms with van der Waals surface area (Å²) in [7, 11) is 1.50. The molecule has 0 spiro atoms. The van der Waals surface area contributed by atoms with Crippen LogP contribution in [0.25, 0.3) is 0 Å². The zero-order valence-corrected chi connectivity index (χ0v) is 10.1. The van der Waals surface area contributed by atoms with Gasteiger partial charge in [-0.05, 0) is 25.1 Å². The van der Waals surface area contributed by atoms with Crippen molar-refractivity contribution in [3.63, 3.8) is 0 Å². The van der Waals surface area contributed by atoms with Crippen molar-refractivity contribution in [2.45, 2.75) is 12.5 Å². The van der Waals surface area contributed by atoms with Gasteiger partial charge in [0.15, 0.2) is 11.5 Å². The van der Waals surface area contributed by atoms with Gasteiger partial charge in [-0.25, -0.2) is 0 Å². The van der Waals surface area contributed by atoms with E-state index in [0.717, 1.165) is 4.47 Å². The molecule has 5 heteroatoms. The van der Waals surface area contributed by atoms with Gasteiger partial charge in [0.25, 0.3) is 0 Å². The minimum atomic E-state index is -0.276. The summed E-state index contributed by atoms with van der Waals surface area (Å²) in [6, 6.07) is 3.19. The highest BCUT2D eigenvalue weighted by Gasteiger charge is 2.15. The molecule has 0 amide bonds. The fourth-order valence-electron chi connectivity index (χ4n) is 1.37. The van der Waals surface area contributed by atoms with Crippen LogP contribution in [0, 0.1) is 0 Å². The standard InChI is InChI=1S/C10H15BrN2O2/c1-15-9-5-6(11)4-7(10(9)14)8(13)2-3-12/h4-5,8,14H,2-3,12-13H2,1H3/t8-/m0/s1. The van der Waals surface area contributed by atoms with Gasteiger partial charge in [-0.2, -0.15) is 0 Å². The molecule has 0 saturated carbocycles. The highest BCUT2D eigenvalue weighted by molar-refractivity contribution is 9.10. The van der Waals surface area contributed by atoms with E-state index in [1.807, 2.05) is 0 Å². The topological polar surface area (TPSA) is 81.5 Å². The molecule has 1 aromatic carbocycles. The lowest BCUT2D eigenvalue weighted by atomic mass is 10.0. The molecule has 0 aromatic heterocycles. The van der Waals surface area contributed by atoms with Crippen LogP contribution < -0.4 is 16.2 Å². The maximum Gasteiger partial charge on any atom is 0.162 e. The third-order valence-corrected chi connectivity index (χ3v) is 2.62. The molecular formula is C10H15BrN2O2. The molecule has 84 valence electrons. The normalized spacial score (nSPS) is 12.5. The Balaban J connectivity index is 3.11. The summed E-state index contributed by atoms with van der Waals surface area (Å²) in [6.07, 6.45) is 0.618. The van der Waals surface area contributed by atoms with Crippen LogP contribution in [-0.2, 0) is 0 Å². The zero-order chi connectivity index (χ0) is 11.4. The average Bonchev–Trinajstić information content (AvgIpc) is 2.21. The maximum absolute atomic E-state index is 9.84. The van der Waals surface area contributed by atoms with Gasteiger partial charge >= 0.3 is 0 Å². The van der Waals surface area contributed by atoms with E-state index in [9.17, 15) is 5.11 Å². The Morgan fingerprint density at radius 2 is 2.20 bits per heavy atom. The van der Waals surface area contributed by atoms with Crippen molar-refractivity contribution < 1.29 is 9.84 Å². The Morgan fingerprint density at radius 1 is 1.53 bits per heavy atom. The van der Waals surface area contributed by atoms with E-state index in [2.05, 4.69) is 15.9 Å². The SMILES string of the molecule is COc1cc(Br)cc([C@@H](N)CCN)c1O. The van der Waals surface area contributed by atoms with Crippen LogP contribution in [-0.4, -0.2) is 18.8 Å². The van der Waals surface area contributed by atoms with Crippen molar-refractivity contribution in [1.29, 1.82) is 0 Å². The number of aromatic hydroxyl groups is 1. The first-order chi connectivity index (χ1) is 7.10. The summed E-state index contributed by atoms with van der Waals surface area (Å²) in [5.41, 5.74) is 11.9. The summed E-state index contributed by atoms with van der Waals surface area (Å²) in [4.78, 5) is 0. The number of ether oxygens (including phenoxy) is 1. The van der Waals surface area contributed by atoms with Gasteiger partial charge in [-0.15, -0.1) is 0 Å². The lowest BCUT2D eigenvalue weighted by Gasteiger charge is -2.15. The molecule has 1 aromatic rings. The summed E-state index contributed by atoms with van der Waals surface area (Å²) < 4.78 is 5.85. The van der Waals surface area contributed by atoms with Crippen LogP contribution in [0.2, 0.25) is 0 Å². The fraction of sp³-hybridized carbons (Fsp3) is 0.400. The number of halogens is 1. The number of phenolic OH excluding ortho intramolecular Hbond substituents is 1. The van der Waals surface area contributed by atoms with Crippen LogP contribution in [0.15, 0.2) is 16.6 Å². The van der Waals surface area contributed by atoms with E-state index >= 15 is 0 Å². The Morgan fingerprint density at radius 3 is 2.73 bits per heavy atom. The van der Waals surface area contributed by atoms with Gasteiger partial charge in [-0.1, -0.05) is 15.9 Å². The van der Waals surface area contributed by atoms with Gasteiger partial charge in [0, 0.05) is 16.1 Å². The molecule has 1 atom stereocenters. The molecule has 4 nitrogen and oxygen atoms in total. The van der Waals surface area contributed by atoms with E-state index in [1.165, 1.54) is 7.11 Å². The third kappa shape index (κ3) is 2.84. The zero-order valence-electron chi connectivity index (χ0n) is 8.53. The smallest absolute Gasteiger partial charge is 0.162 e. The second kappa shape index (κ2) is 5.34. The summed E-state index contributed by atoms with van der Waals surface area (Å²) in [6.45, 7) is 0.482. The molecule has 0 saturated heterocycles. The molecular weight excluding hydrogens is 260 g/mol. The first-order valence-electron chi connectivity index (χ1n) is 4.62. The number of hydrogen-bond acceptors (Lipinski definition) is 4. The molecule has 1 rings (SSSR count). The molecule has 0 heterocycles. The molecule has 5 N–H and O–H groups in total. The summed E-state index contributed by atoms with van der Waals surface area (Å²) in [5.74, 6) is 0.494. The first-order valence-corrected chi connectivity index (χ1v) is 5.41. The van der Waals surface area contributed by atoms with E-state index in [0.29, 0.717) is 24.3 Å². The number of benzene rings is 1. The van der Waals surface area contributed by atoms with E-state index in [-0.39, 0.29) is 11.8 Å². The summed E-state index contributed by atoms with van der Waals surface area (Å²) >= 11 is 3.33. The van der Waals surface area contributed by atoms with E-state index < -0.39 is 0 Å². The molecule has 15 heavy (non-hydrogen) atoms. The summed E-state index contributed by atoms with van der Waals surface area (Å²) in [5, 5.41) is 9.84. The Kier molecular flexibility index (Phi) is 4.38. The predicted octanol–water partition coefficient (Wildman–Crippen LogP) is 1.51. The second-order valence-electron chi connectivity index (χ2n) is 3.23. The predicted molar refractivity (Wildman–Crippen MR) is 63.0 cm³/mol. The maximum atomic E-state index is 9.84. The lowest BCUT2D eigenvalue weighted by Crippen LogP contribution is -2.15. The number of phenols is 1. The van der Waals surface area contributed by atoms with Crippen LogP contribution in [0.3, 0.4) is 0 Å². The Labute approximate surface area is 97.3 Å². The van der Waals surface area contributed by atoms with Crippen molar-refractivity contribution in [3.8, 4) is 11.5 Å². The van der Waals surface area contributed by atoms with Gasteiger partial charge in [0.2, 0.25) is 0 Å². The van der Waals surface area contributed by atoms with E-state index in [1.54, 1.807) is 12.1 Å². The second-order valence-corrected chi connectivity index (χ2v) is 4.15. The molecule has 0 aliphatic heterocycles. The van der Waals surface area contributed by atoms with Crippen LogP contribution >= 0.6 is 15.9 Å². The molecule has 0 unspecified atom stereocenters.